The van der Waals surface area contributed by atoms with Gasteiger partial charge in [-0.15, -0.1) is 0 Å². The number of methoxy groups -OCH3 is 1. The number of rotatable bonds is 7. The highest BCUT2D eigenvalue weighted by Crippen LogP contribution is 2.41. The molecule has 10 heteroatoms. The minimum Gasteiger partial charge on any atom is -0.507 e. The van der Waals surface area contributed by atoms with Gasteiger partial charge in [0.2, 0.25) is 0 Å². The fraction of sp³-hybridized carbons (Fsp3) is 0.333. The summed E-state index contributed by atoms with van der Waals surface area (Å²) in [7, 11) is 1.34. The van der Waals surface area contributed by atoms with Crippen LogP contribution >= 0.6 is 0 Å². The minimum atomic E-state index is -0.989. The van der Waals surface area contributed by atoms with Gasteiger partial charge in [0.25, 0.3) is 17.4 Å². The number of non-ortho nitro benzene ring substituents is 1. The number of nitro groups is 1. The monoisotopic (exact) mass is 469 g/mol. The zero-order valence-electron chi connectivity index (χ0n) is 18.6. The zero-order valence-corrected chi connectivity index (χ0v) is 18.6. The molecular formula is C24H24FN3O6. The van der Waals surface area contributed by atoms with E-state index in [2.05, 4.69) is 4.90 Å². The van der Waals surface area contributed by atoms with E-state index in [-0.39, 0.29) is 29.1 Å². The fourth-order valence-corrected chi connectivity index (χ4v) is 4.50. The van der Waals surface area contributed by atoms with Gasteiger partial charge in [0, 0.05) is 25.2 Å². The van der Waals surface area contributed by atoms with Crippen molar-refractivity contribution < 1.29 is 28.7 Å². The number of likely N-dealkylation sites (tertiary alicyclic amines) is 2. The lowest BCUT2D eigenvalue weighted by molar-refractivity contribution is -0.384. The van der Waals surface area contributed by atoms with E-state index in [0.29, 0.717) is 12.1 Å². The predicted molar refractivity (Wildman–Crippen MR) is 121 cm³/mol. The maximum absolute atomic E-state index is 14.0. The average Bonchev–Trinajstić information content (AvgIpc) is 3.44. The Bertz CT molecular complexity index is 1160. The van der Waals surface area contributed by atoms with Gasteiger partial charge >= 0.3 is 0 Å². The third-order valence-electron chi connectivity index (χ3n) is 6.23. The number of Topliss-reactive ketones (excluding diaryl/α,β-unsaturated/α-hetero) is 1. The van der Waals surface area contributed by atoms with Crippen LogP contribution in [0.25, 0.3) is 5.76 Å². The first kappa shape index (κ1) is 23.4. The van der Waals surface area contributed by atoms with Crippen LogP contribution in [-0.2, 0) is 9.59 Å². The molecule has 2 aliphatic rings. The molecule has 2 saturated heterocycles. The van der Waals surface area contributed by atoms with Crippen LogP contribution in [0.2, 0.25) is 0 Å². The van der Waals surface area contributed by atoms with Gasteiger partial charge in [0.05, 0.1) is 29.2 Å². The summed E-state index contributed by atoms with van der Waals surface area (Å²) in [6, 6.07) is 7.96. The number of carbonyl (C=O) groups excluding carboxylic acids is 2. The van der Waals surface area contributed by atoms with Gasteiger partial charge in [0.15, 0.2) is 0 Å². The predicted octanol–water partition coefficient (Wildman–Crippen LogP) is 3.26. The maximum Gasteiger partial charge on any atom is 0.295 e. The molecule has 2 aliphatic heterocycles. The van der Waals surface area contributed by atoms with E-state index in [4.69, 9.17) is 4.74 Å². The van der Waals surface area contributed by atoms with Crippen LogP contribution in [0, 0.1) is 15.9 Å². The van der Waals surface area contributed by atoms with Crippen molar-refractivity contribution in [1.29, 1.82) is 0 Å². The van der Waals surface area contributed by atoms with Crippen molar-refractivity contribution >= 4 is 23.1 Å². The van der Waals surface area contributed by atoms with Gasteiger partial charge in [0.1, 0.15) is 17.3 Å². The molecule has 0 spiro atoms. The lowest BCUT2D eigenvalue weighted by atomic mass is 9.94. The molecule has 2 heterocycles. The zero-order chi connectivity index (χ0) is 24.4. The molecule has 1 unspecified atom stereocenters. The Balaban J connectivity index is 1.81. The van der Waals surface area contributed by atoms with Gasteiger partial charge in [-0.3, -0.25) is 19.7 Å². The molecule has 1 N–H and O–H groups in total. The molecule has 1 atom stereocenters. The van der Waals surface area contributed by atoms with Crippen molar-refractivity contribution in [3.8, 4) is 5.75 Å². The molecule has 9 nitrogen and oxygen atoms in total. The first-order chi connectivity index (χ1) is 16.3. The third-order valence-corrected chi connectivity index (χ3v) is 6.23. The molecule has 2 fully saturated rings. The van der Waals surface area contributed by atoms with Crippen LogP contribution in [-0.4, -0.2) is 64.8 Å². The molecule has 0 aliphatic carbocycles. The number of carbonyl (C=O) groups is 2. The fourth-order valence-electron chi connectivity index (χ4n) is 4.50. The van der Waals surface area contributed by atoms with E-state index >= 15 is 0 Å². The molecule has 0 radical (unpaired) electrons. The van der Waals surface area contributed by atoms with Crippen molar-refractivity contribution in [3.05, 3.63) is 75.1 Å². The highest BCUT2D eigenvalue weighted by molar-refractivity contribution is 6.46. The summed E-state index contributed by atoms with van der Waals surface area (Å²) >= 11 is 0. The van der Waals surface area contributed by atoms with Crippen molar-refractivity contribution in [3.63, 3.8) is 0 Å². The van der Waals surface area contributed by atoms with E-state index in [1.807, 2.05) is 0 Å². The molecule has 4 rings (SSSR count). The molecule has 0 aromatic heterocycles. The molecule has 178 valence electrons. The summed E-state index contributed by atoms with van der Waals surface area (Å²) in [6.07, 6.45) is 2.12. The number of ketones is 1. The second kappa shape index (κ2) is 9.60. The van der Waals surface area contributed by atoms with Crippen LogP contribution in [0.3, 0.4) is 0 Å². The van der Waals surface area contributed by atoms with Crippen molar-refractivity contribution in [2.45, 2.75) is 18.9 Å². The molecule has 1 amide bonds. The Morgan fingerprint density at radius 1 is 1.15 bits per heavy atom. The normalized spacial score (nSPS) is 20.2. The van der Waals surface area contributed by atoms with Crippen molar-refractivity contribution in [2.24, 2.45) is 0 Å². The molecule has 34 heavy (non-hydrogen) atoms. The highest BCUT2D eigenvalue weighted by Gasteiger charge is 2.46. The number of ether oxygens (including phenoxy) is 1. The van der Waals surface area contributed by atoms with Gasteiger partial charge in [-0.05, 0) is 61.8 Å². The Kier molecular flexibility index (Phi) is 6.60. The number of hydrogen-bond acceptors (Lipinski definition) is 7. The number of nitro benzene ring substituents is 1. The maximum atomic E-state index is 14.0. The van der Waals surface area contributed by atoms with Gasteiger partial charge in [-0.1, -0.05) is 0 Å². The summed E-state index contributed by atoms with van der Waals surface area (Å²) in [4.78, 5) is 40.2. The number of aliphatic hydroxyl groups excluding tert-OH is 1. The molecule has 0 bridgehead atoms. The van der Waals surface area contributed by atoms with E-state index < -0.39 is 34.2 Å². The summed E-state index contributed by atoms with van der Waals surface area (Å²) in [5, 5.41) is 22.2. The number of hydrogen-bond donors (Lipinski definition) is 1. The number of halogens is 1. The van der Waals surface area contributed by atoms with Gasteiger partial charge in [-0.2, -0.15) is 0 Å². The van der Waals surface area contributed by atoms with Crippen LogP contribution < -0.4 is 4.74 Å². The molecule has 0 saturated carbocycles. The van der Waals surface area contributed by atoms with Crippen LogP contribution in [0.4, 0.5) is 10.1 Å². The lowest BCUT2D eigenvalue weighted by Gasteiger charge is -2.27. The first-order valence-corrected chi connectivity index (χ1v) is 10.9. The van der Waals surface area contributed by atoms with E-state index in [1.165, 1.54) is 42.3 Å². The molecule has 2 aromatic carbocycles. The lowest BCUT2D eigenvalue weighted by Crippen LogP contribution is -2.37. The second-order valence-electron chi connectivity index (χ2n) is 8.23. The van der Waals surface area contributed by atoms with Crippen LogP contribution in [0.1, 0.15) is 30.0 Å². The highest BCUT2D eigenvalue weighted by atomic mass is 19.1. The van der Waals surface area contributed by atoms with Gasteiger partial charge < -0.3 is 19.6 Å². The van der Waals surface area contributed by atoms with E-state index in [9.17, 15) is 29.2 Å². The summed E-state index contributed by atoms with van der Waals surface area (Å²) in [6.45, 7) is 2.56. The van der Waals surface area contributed by atoms with Gasteiger partial charge in [-0.25, -0.2) is 4.39 Å². The van der Waals surface area contributed by atoms with E-state index in [0.717, 1.165) is 38.1 Å². The number of benzene rings is 2. The number of nitrogens with zero attached hydrogens (tertiary/aromatic N) is 3. The molecule has 2 aromatic rings. The summed E-state index contributed by atoms with van der Waals surface area (Å²) in [5.74, 6) is -2.79. The first-order valence-electron chi connectivity index (χ1n) is 10.9. The molecular weight excluding hydrogens is 445 g/mol. The standard InChI is InChI=1S/C24H24FN3O6/c1-34-19-9-6-16(25)14-18(19)22(29)20-21(15-4-7-17(8-5-15)28(32)33)27(24(31)23(20)30)13-12-26-10-2-3-11-26/h4-9,14,21,29H,2-3,10-13H2,1H3/b22-20+. The third kappa shape index (κ3) is 4.36. The smallest absolute Gasteiger partial charge is 0.295 e. The minimum absolute atomic E-state index is 0.0630. The topological polar surface area (TPSA) is 113 Å². The number of amides is 1. The second-order valence-corrected chi connectivity index (χ2v) is 8.23. The SMILES string of the molecule is COc1ccc(F)cc1/C(O)=C1\C(=O)C(=O)N(CCN2CCCC2)C1c1ccc([N+](=O)[O-])cc1. The van der Waals surface area contributed by atoms with Crippen LogP contribution in [0.15, 0.2) is 48.0 Å². The summed E-state index contributed by atoms with van der Waals surface area (Å²) in [5.41, 5.74) is -0.0103. The van der Waals surface area contributed by atoms with E-state index in [1.54, 1.807) is 0 Å². The van der Waals surface area contributed by atoms with Crippen molar-refractivity contribution in [2.75, 3.05) is 33.3 Å². The number of aliphatic hydroxyl groups is 1. The average molecular weight is 469 g/mol. The summed E-state index contributed by atoms with van der Waals surface area (Å²) < 4.78 is 19.2. The Morgan fingerprint density at radius 3 is 2.44 bits per heavy atom. The largest absolute Gasteiger partial charge is 0.507 e. The quantitative estimate of drug-likeness (QED) is 0.218. The van der Waals surface area contributed by atoms with Crippen molar-refractivity contribution in [1.82, 2.24) is 9.80 Å². The Hall–Kier alpha value is -3.79. The van der Waals surface area contributed by atoms with Crippen LogP contribution in [0.5, 0.6) is 5.75 Å². The Labute approximate surface area is 195 Å². The Morgan fingerprint density at radius 2 is 1.82 bits per heavy atom.